The summed E-state index contributed by atoms with van der Waals surface area (Å²) in [6.45, 7) is 7.34. The standard InChI is InChI=1S/C16H26N4O/c1-5-13-7-6-8-14(9-13)20-15(21)11-19-16(17-4)18-10-12(2)3/h6-9,12H,5,10-11H2,1-4H3,(H,20,21)(H2,17,18,19). The van der Waals surface area contributed by atoms with Gasteiger partial charge in [0, 0.05) is 19.3 Å². The number of nitrogens with zero attached hydrogens (tertiary/aromatic N) is 1. The fourth-order valence-electron chi connectivity index (χ4n) is 1.76. The number of guanidine groups is 1. The monoisotopic (exact) mass is 290 g/mol. The Hall–Kier alpha value is -2.04. The van der Waals surface area contributed by atoms with Crippen molar-refractivity contribution in [2.45, 2.75) is 27.2 Å². The van der Waals surface area contributed by atoms with E-state index in [1.165, 1.54) is 5.56 Å². The molecule has 0 aromatic heterocycles. The third kappa shape index (κ3) is 6.79. The molecule has 0 heterocycles. The summed E-state index contributed by atoms with van der Waals surface area (Å²) >= 11 is 0. The van der Waals surface area contributed by atoms with E-state index in [0.29, 0.717) is 11.9 Å². The van der Waals surface area contributed by atoms with E-state index in [4.69, 9.17) is 0 Å². The Balaban J connectivity index is 2.42. The summed E-state index contributed by atoms with van der Waals surface area (Å²) in [5, 5.41) is 9.04. The summed E-state index contributed by atoms with van der Waals surface area (Å²) in [5.74, 6) is 1.08. The molecular formula is C16H26N4O. The molecule has 116 valence electrons. The predicted octanol–water partition coefficient (Wildman–Crippen LogP) is 2.01. The van der Waals surface area contributed by atoms with Crippen LogP contribution < -0.4 is 16.0 Å². The molecule has 0 saturated carbocycles. The minimum Gasteiger partial charge on any atom is -0.356 e. The van der Waals surface area contributed by atoms with Crippen LogP contribution in [0.15, 0.2) is 29.3 Å². The molecule has 5 heteroatoms. The maximum Gasteiger partial charge on any atom is 0.243 e. The van der Waals surface area contributed by atoms with Crippen LogP contribution in [0, 0.1) is 5.92 Å². The van der Waals surface area contributed by atoms with Crippen molar-refractivity contribution in [1.82, 2.24) is 10.6 Å². The number of hydrogen-bond acceptors (Lipinski definition) is 2. The Kier molecular flexibility index (Phi) is 7.29. The van der Waals surface area contributed by atoms with Gasteiger partial charge in [-0.3, -0.25) is 9.79 Å². The zero-order valence-electron chi connectivity index (χ0n) is 13.4. The number of benzene rings is 1. The van der Waals surface area contributed by atoms with Crippen LogP contribution in [-0.2, 0) is 11.2 Å². The Morgan fingerprint density at radius 2 is 2.05 bits per heavy atom. The largest absolute Gasteiger partial charge is 0.356 e. The Labute approximate surface area is 127 Å². The number of carbonyl (C=O) groups is 1. The molecule has 0 radical (unpaired) electrons. The van der Waals surface area contributed by atoms with Gasteiger partial charge in [0.15, 0.2) is 5.96 Å². The summed E-state index contributed by atoms with van der Waals surface area (Å²) in [6, 6.07) is 7.88. The first-order valence-electron chi connectivity index (χ1n) is 7.38. The molecule has 0 aliphatic rings. The molecule has 0 bridgehead atoms. The molecule has 5 nitrogen and oxygen atoms in total. The molecule has 0 aliphatic heterocycles. The molecule has 1 rings (SSSR count). The minimum absolute atomic E-state index is 0.0873. The summed E-state index contributed by atoms with van der Waals surface area (Å²) < 4.78 is 0. The van der Waals surface area contributed by atoms with Gasteiger partial charge < -0.3 is 16.0 Å². The predicted molar refractivity (Wildman–Crippen MR) is 88.7 cm³/mol. The van der Waals surface area contributed by atoms with Crippen molar-refractivity contribution >= 4 is 17.6 Å². The number of rotatable bonds is 6. The first kappa shape index (κ1) is 17.0. The molecule has 0 aliphatic carbocycles. The van der Waals surface area contributed by atoms with Crippen LogP contribution in [-0.4, -0.2) is 32.0 Å². The van der Waals surface area contributed by atoms with E-state index in [1.807, 2.05) is 24.3 Å². The molecular weight excluding hydrogens is 264 g/mol. The zero-order chi connectivity index (χ0) is 15.7. The molecule has 0 fully saturated rings. The molecule has 1 aromatic rings. The third-order valence-corrected chi connectivity index (χ3v) is 2.94. The molecule has 3 N–H and O–H groups in total. The van der Waals surface area contributed by atoms with Gasteiger partial charge in [0.2, 0.25) is 5.91 Å². The normalized spacial score (nSPS) is 11.4. The average molecular weight is 290 g/mol. The van der Waals surface area contributed by atoms with Gasteiger partial charge in [-0.05, 0) is 30.0 Å². The number of amides is 1. The lowest BCUT2D eigenvalue weighted by Gasteiger charge is -2.13. The van der Waals surface area contributed by atoms with Crippen molar-refractivity contribution in [1.29, 1.82) is 0 Å². The lowest BCUT2D eigenvalue weighted by molar-refractivity contribution is -0.115. The van der Waals surface area contributed by atoms with Crippen LogP contribution in [0.25, 0.3) is 0 Å². The number of aryl methyl sites for hydroxylation is 1. The SMILES string of the molecule is CCc1cccc(NC(=O)CNC(=NC)NCC(C)C)c1. The number of aliphatic imine (C=N–C) groups is 1. The van der Waals surface area contributed by atoms with Crippen LogP contribution in [0.1, 0.15) is 26.3 Å². The van der Waals surface area contributed by atoms with Crippen LogP contribution >= 0.6 is 0 Å². The van der Waals surface area contributed by atoms with E-state index in [0.717, 1.165) is 18.7 Å². The Morgan fingerprint density at radius 1 is 1.29 bits per heavy atom. The van der Waals surface area contributed by atoms with E-state index in [-0.39, 0.29) is 12.5 Å². The molecule has 1 aromatic carbocycles. The van der Waals surface area contributed by atoms with Gasteiger partial charge in [-0.25, -0.2) is 0 Å². The quantitative estimate of drug-likeness (QED) is 0.554. The lowest BCUT2D eigenvalue weighted by Crippen LogP contribution is -2.42. The maximum absolute atomic E-state index is 11.9. The molecule has 0 atom stereocenters. The second-order valence-corrected chi connectivity index (χ2v) is 5.30. The maximum atomic E-state index is 11.9. The molecule has 21 heavy (non-hydrogen) atoms. The van der Waals surface area contributed by atoms with E-state index in [1.54, 1.807) is 7.05 Å². The van der Waals surface area contributed by atoms with Crippen molar-refractivity contribution in [3.05, 3.63) is 29.8 Å². The lowest BCUT2D eigenvalue weighted by atomic mass is 10.1. The fourth-order valence-corrected chi connectivity index (χ4v) is 1.76. The second kappa shape index (κ2) is 9.00. The van der Waals surface area contributed by atoms with Crippen molar-refractivity contribution < 1.29 is 4.79 Å². The van der Waals surface area contributed by atoms with Crippen molar-refractivity contribution in [3.63, 3.8) is 0 Å². The first-order valence-corrected chi connectivity index (χ1v) is 7.38. The van der Waals surface area contributed by atoms with E-state index >= 15 is 0 Å². The van der Waals surface area contributed by atoms with Gasteiger partial charge in [-0.2, -0.15) is 0 Å². The number of hydrogen-bond donors (Lipinski definition) is 3. The molecule has 0 unspecified atom stereocenters. The van der Waals surface area contributed by atoms with Crippen LogP contribution in [0.4, 0.5) is 5.69 Å². The highest BCUT2D eigenvalue weighted by Crippen LogP contribution is 2.10. The van der Waals surface area contributed by atoms with Gasteiger partial charge in [0.1, 0.15) is 0 Å². The first-order chi connectivity index (χ1) is 10.0. The van der Waals surface area contributed by atoms with Crippen molar-refractivity contribution in [2.75, 3.05) is 25.5 Å². The zero-order valence-corrected chi connectivity index (χ0v) is 13.4. The van der Waals surface area contributed by atoms with Crippen LogP contribution in [0.3, 0.4) is 0 Å². The fraction of sp³-hybridized carbons (Fsp3) is 0.500. The number of carbonyl (C=O) groups excluding carboxylic acids is 1. The highest BCUT2D eigenvalue weighted by molar-refractivity contribution is 5.95. The highest BCUT2D eigenvalue weighted by atomic mass is 16.1. The van der Waals surface area contributed by atoms with Crippen LogP contribution in [0.2, 0.25) is 0 Å². The Bertz CT molecular complexity index is 483. The summed E-state index contributed by atoms with van der Waals surface area (Å²) in [7, 11) is 1.69. The summed E-state index contributed by atoms with van der Waals surface area (Å²) in [5.41, 5.74) is 2.03. The summed E-state index contributed by atoms with van der Waals surface area (Å²) in [6.07, 6.45) is 0.952. The topological polar surface area (TPSA) is 65.5 Å². The number of nitrogens with one attached hydrogen (secondary N) is 3. The number of anilines is 1. The molecule has 0 saturated heterocycles. The third-order valence-electron chi connectivity index (χ3n) is 2.94. The van der Waals surface area contributed by atoms with Gasteiger partial charge in [-0.1, -0.05) is 32.9 Å². The van der Waals surface area contributed by atoms with Gasteiger partial charge >= 0.3 is 0 Å². The van der Waals surface area contributed by atoms with Gasteiger partial charge in [0.05, 0.1) is 6.54 Å². The van der Waals surface area contributed by atoms with Crippen molar-refractivity contribution in [2.24, 2.45) is 10.9 Å². The summed E-state index contributed by atoms with van der Waals surface area (Å²) in [4.78, 5) is 16.0. The molecule has 0 spiro atoms. The van der Waals surface area contributed by atoms with Crippen molar-refractivity contribution in [3.8, 4) is 0 Å². The average Bonchev–Trinajstić information content (AvgIpc) is 2.47. The van der Waals surface area contributed by atoms with E-state index < -0.39 is 0 Å². The highest BCUT2D eigenvalue weighted by Gasteiger charge is 2.05. The minimum atomic E-state index is -0.0873. The Morgan fingerprint density at radius 3 is 2.67 bits per heavy atom. The second-order valence-electron chi connectivity index (χ2n) is 5.30. The van der Waals surface area contributed by atoms with Gasteiger partial charge in [-0.15, -0.1) is 0 Å². The van der Waals surface area contributed by atoms with Crippen LogP contribution in [0.5, 0.6) is 0 Å². The smallest absolute Gasteiger partial charge is 0.243 e. The van der Waals surface area contributed by atoms with E-state index in [9.17, 15) is 4.79 Å². The van der Waals surface area contributed by atoms with E-state index in [2.05, 4.69) is 41.7 Å². The van der Waals surface area contributed by atoms with Gasteiger partial charge in [0.25, 0.3) is 0 Å². The molecule has 1 amide bonds.